The van der Waals surface area contributed by atoms with Gasteiger partial charge in [0.15, 0.2) is 0 Å². The molecule has 0 saturated heterocycles. The van der Waals surface area contributed by atoms with E-state index < -0.39 is 10.0 Å². The van der Waals surface area contributed by atoms with E-state index >= 15 is 0 Å². The first kappa shape index (κ1) is 14.2. The van der Waals surface area contributed by atoms with Gasteiger partial charge in [0, 0.05) is 13.1 Å². The van der Waals surface area contributed by atoms with Crippen molar-refractivity contribution < 1.29 is 8.42 Å². The molecular formula is C12H20N2O2S. The fourth-order valence-electron chi connectivity index (χ4n) is 1.54. The van der Waals surface area contributed by atoms with Gasteiger partial charge < -0.3 is 5.32 Å². The fourth-order valence-corrected chi connectivity index (χ4v) is 2.57. The summed E-state index contributed by atoms with van der Waals surface area (Å²) < 4.78 is 25.6. The molecule has 0 radical (unpaired) electrons. The first-order valence-electron chi connectivity index (χ1n) is 5.71. The Bertz CT molecular complexity index is 444. The highest BCUT2D eigenvalue weighted by Gasteiger charge is 2.08. The van der Waals surface area contributed by atoms with Gasteiger partial charge >= 0.3 is 0 Å². The van der Waals surface area contributed by atoms with Crippen LogP contribution >= 0.6 is 0 Å². The predicted octanol–water partition coefficient (Wildman–Crippen LogP) is 0.676. The second-order valence-corrected chi connectivity index (χ2v) is 5.92. The molecule has 1 aromatic carbocycles. The number of sulfonamides is 1. The van der Waals surface area contributed by atoms with E-state index in [1.807, 2.05) is 31.2 Å². The van der Waals surface area contributed by atoms with E-state index in [1.54, 1.807) is 7.05 Å². The molecule has 0 heterocycles. The molecule has 96 valence electrons. The minimum atomic E-state index is -3.14. The summed E-state index contributed by atoms with van der Waals surface area (Å²) in [7, 11) is -1.40. The second-order valence-electron chi connectivity index (χ2n) is 3.99. The van der Waals surface area contributed by atoms with Crippen molar-refractivity contribution in [3.8, 4) is 0 Å². The Kier molecular flexibility index (Phi) is 5.61. The van der Waals surface area contributed by atoms with Crippen molar-refractivity contribution in [2.24, 2.45) is 0 Å². The monoisotopic (exact) mass is 256 g/mol. The van der Waals surface area contributed by atoms with Crippen LogP contribution in [0.4, 0.5) is 0 Å². The number of hydrogen-bond acceptors (Lipinski definition) is 3. The van der Waals surface area contributed by atoms with E-state index in [0.29, 0.717) is 13.1 Å². The van der Waals surface area contributed by atoms with Crippen molar-refractivity contribution in [2.45, 2.75) is 13.3 Å². The van der Waals surface area contributed by atoms with E-state index in [0.717, 1.165) is 6.42 Å². The molecule has 1 rings (SSSR count). The minimum absolute atomic E-state index is 0.122. The maximum atomic E-state index is 11.5. The van der Waals surface area contributed by atoms with Crippen LogP contribution in [0.3, 0.4) is 0 Å². The maximum absolute atomic E-state index is 11.5. The van der Waals surface area contributed by atoms with Gasteiger partial charge in [-0.2, -0.15) is 0 Å². The molecule has 0 bridgehead atoms. The summed E-state index contributed by atoms with van der Waals surface area (Å²) in [5.74, 6) is 0.122. The molecule has 2 N–H and O–H groups in total. The van der Waals surface area contributed by atoms with Gasteiger partial charge in [-0.25, -0.2) is 13.1 Å². The summed E-state index contributed by atoms with van der Waals surface area (Å²) in [6.45, 7) is 2.96. The lowest BCUT2D eigenvalue weighted by Crippen LogP contribution is -2.32. The van der Waals surface area contributed by atoms with Crippen LogP contribution < -0.4 is 10.0 Å². The first-order chi connectivity index (χ1) is 8.05. The molecule has 0 amide bonds. The summed E-state index contributed by atoms with van der Waals surface area (Å²) in [6, 6.07) is 8.01. The summed E-state index contributed by atoms with van der Waals surface area (Å²) in [5, 5.41) is 2.82. The van der Waals surface area contributed by atoms with E-state index in [9.17, 15) is 8.42 Å². The highest BCUT2D eigenvalue weighted by molar-refractivity contribution is 7.89. The molecule has 0 unspecified atom stereocenters. The number of aryl methyl sites for hydroxylation is 1. The van der Waals surface area contributed by atoms with Crippen molar-refractivity contribution in [3.05, 3.63) is 35.4 Å². The lowest BCUT2D eigenvalue weighted by atomic mass is 10.1. The standard InChI is InChI=1S/C12H20N2O2S/c1-11-5-3-4-6-12(11)7-8-14-17(15,16)10-9-13-2/h3-6,13-14H,7-10H2,1-2H3. The zero-order chi connectivity index (χ0) is 12.7. The van der Waals surface area contributed by atoms with Crippen LogP contribution in [0, 0.1) is 6.92 Å². The van der Waals surface area contributed by atoms with Gasteiger partial charge in [-0.1, -0.05) is 24.3 Å². The lowest BCUT2D eigenvalue weighted by Gasteiger charge is -2.08. The Morgan fingerprint density at radius 3 is 2.53 bits per heavy atom. The van der Waals surface area contributed by atoms with Crippen molar-refractivity contribution in [1.29, 1.82) is 0 Å². The van der Waals surface area contributed by atoms with Gasteiger partial charge in [-0.15, -0.1) is 0 Å². The van der Waals surface area contributed by atoms with Crippen LogP contribution in [0.25, 0.3) is 0 Å². The summed E-state index contributed by atoms with van der Waals surface area (Å²) in [4.78, 5) is 0. The number of nitrogens with one attached hydrogen (secondary N) is 2. The Labute approximate surface area is 103 Å². The van der Waals surface area contributed by atoms with Crippen LogP contribution in [0.15, 0.2) is 24.3 Å². The van der Waals surface area contributed by atoms with Gasteiger partial charge in [-0.3, -0.25) is 0 Å². The van der Waals surface area contributed by atoms with Gasteiger partial charge in [0.2, 0.25) is 10.0 Å². The molecule has 0 aliphatic carbocycles. The molecule has 0 aromatic heterocycles. The molecule has 5 heteroatoms. The SMILES string of the molecule is CNCCS(=O)(=O)NCCc1ccccc1C. The van der Waals surface area contributed by atoms with Crippen molar-refractivity contribution in [1.82, 2.24) is 10.0 Å². The number of hydrogen-bond donors (Lipinski definition) is 2. The molecule has 0 aliphatic heterocycles. The highest BCUT2D eigenvalue weighted by atomic mass is 32.2. The van der Waals surface area contributed by atoms with Crippen LogP contribution in [0.5, 0.6) is 0 Å². The van der Waals surface area contributed by atoms with Crippen LogP contribution in [0.2, 0.25) is 0 Å². The lowest BCUT2D eigenvalue weighted by molar-refractivity contribution is 0.579. The van der Waals surface area contributed by atoms with E-state index in [1.165, 1.54) is 11.1 Å². The van der Waals surface area contributed by atoms with Crippen LogP contribution in [-0.2, 0) is 16.4 Å². The fraction of sp³-hybridized carbons (Fsp3) is 0.500. The summed E-state index contributed by atoms with van der Waals surface area (Å²) >= 11 is 0. The van der Waals surface area contributed by atoms with E-state index in [-0.39, 0.29) is 5.75 Å². The Morgan fingerprint density at radius 1 is 1.18 bits per heavy atom. The molecule has 0 saturated carbocycles. The van der Waals surface area contributed by atoms with Gasteiger partial charge in [0.05, 0.1) is 5.75 Å². The average Bonchev–Trinajstić information content (AvgIpc) is 2.29. The average molecular weight is 256 g/mol. The molecule has 17 heavy (non-hydrogen) atoms. The van der Waals surface area contributed by atoms with Crippen molar-refractivity contribution in [2.75, 3.05) is 25.9 Å². The molecule has 0 aliphatic rings. The number of benzene rings is 1. The van der Waals surface area contributed by atoms with Gasteiger partial charge in [-0.05, 0) is 31.5 Å². The largest absolute Gasteiger partial charge is 0.319 e. The van der Waals surface area contributed by atoms with Crippen molar-refractivity contribution in [3.63, 3.8) is 0 Å². The van der Waals surface area contributed by atoms with E-state index in [4.69, 9.17) is 0 Å². The summed E-state index contributed by atoms with van der Waals surface area (Å²) in [5.41, 5.74) is 2.38. The maximum Gasteiger partial charge on any atom is 0.212 e. The summed E-state index contributed by atoms with van der Waals surface area (Å²) in [6.07, 6.45) is 0.728. The minimum Gasteiger partial charge on any atom is -0.319 e. The number of rotatable bonds is 7. The smallest absolute Gasteiger partial charge is 0.212 e. The highest BCUT2D eigenvalue weighted by Crippen LogP contribution is 2.06. The Balaban J connectivity index is 2.40. The third-order valence-corrected chi connectivity index (χ3v) is 3.98. The molecule has 0 atom stereocenters. The van der Waals surface area contributed by atoms with Gasteiger partial charge in [0.25, 0.3) is 0 Å². The van der Waals surface area contributed by atoms with Crippen LogP contribution in [-0.4, -0.2) is 34.3 Å². The zero-order valence-electron chi connectivity index (χ0n) is 10.4. The topological polar surface area (TPSA) is 58.2 Å². The molecule has 0 spiro atoms. The normalized spacial score (nSPS) is 11.6. The molecular weight excluding hydrogens is 236 g/mol. The molecule has 1 aromatic rings. The second kappa shape index (κ2) is 6.74. The third-order valence-electron chi connectivity index (χ3n) is 2.60. The van der Waals surface area contributed by atoms with Crippen LogP contribution in [0.1, 0.15) is 11.1 Å². The third kappa shape index (κ3) is 5.30. The zero-order valence-corrected chi connectivity index (χ0v) is 11.2. The molecule has 4 nitrogen and oxygen atoms in total. The quantitative estimate of drug-likeness (QED) is 0.754. The van der Waals surface area contributed by atoms with E-state index in [2.05, 4.69) is 10.0 Å². The first-order valence-corrected chi connectivity index (χ1v) is 7.37. The van der Waals surface area contributed by atoms with Crippen molar-refractivity contribution >= 4 is 10.0 Å². The predicted molar refractivity (Wildman–Crippen MR) is 70.6 cm³/mol. The Hall–Kier alpha value is -0.910. The van der Waals surface area contributed by atoms with Gasteiger partial charge in [0.1, 0.15) is 0 Å². The Morgan fingerprint density at radius 2 is 1.88 bits per heavy atom. The molecule has 0 fully saturated rings.